The quantitative estimate of drug-likeness (QED) is 0.596. The van der Waals surface area contributed by atoms with Crippen molar-refractivity contribution in [3.63, 3.8) is 0 Å². The van der Waals surface area contributed by atoms with Crippen LogP contribution in [0.1, 0.15) is 20.9 Å². The van der Waals surface area contributed by atoms with Gasteiger partial charge < -0.3 is 4.74 Å². The van der Waals surface area contributed by atoms with E-state index in [1.165, 1.54) is 11.3 Å². The molecule has 0 aliphatic rings. The lowest BCUT2D eigenvalue weighted by Gasteiger charge is -2.05. The zero-order valence-corrected chi connectivity index (χ0v) is 15.8. The number of carbonyl (C=O) groups excluding carboxylic acids is 1. The first-order chi connectivity index (χ1) is 11.7. The second kappa shape index (κ2) is 7.71. The van der Waals surface area contributed by atoms with Crippen molar-refractivity contribution in [2.24, 2.45) is 0 Å². The van der Waals surface area contributed by atoms with Crippen LogP contribution in [0.4, 0.5) is 5.13 Å². The largest absolute Gasteiger partial charge is 0.496 e. The smallest absolute Gasteiger partial charge is 0.258 e. The Kier molecular flexibility index (Phi) is 5.41. The third-order valence-electron chi connectivity index (χ3n) is 3.34. The molecule has 3 aromatic rings. The van der Waals surface area contributed by atoms with Gasteiger partial charge >= 0.3 is 0 Å². The molecule has 5 nitrogen and oxygen atoms in total. The Hall–Kier alpha value is -2.00. The molecule has 0 saturated heterocycles. The van der Waals surface area contributed by atoms with Crippen molar-refractivity contribution < 1.29 is 9.53 Å². The number of anilines is 1. The summed E-state index contributed by atoms with van der Waals surface area (Å²) in [4.78, 5) is 12.3. The molecule has 0 atom stereocenters. The van der Waals surface area contributed by atoms with Crippen molar-refractivity contribution in [3.05, 3.63) is 68.2 Å². The average Bonchev–Trinajstić information content (AvgIpc) is 3.02. The summed E-state index contributed by atoms with van der Waals surface area (Å²) in [7, 11) is 1.64. The van der Waals surface area contributed by atoms with Crippen molar-refractivity contribution in [1.29, 1.82) is 0 Å². The number of para-hydroxylation sites is 1. The summed E-state index contributed by atoms with van der Waals surface area (Å²) in [6.45, 7) is 0. The number of nitrogens with one attached hydrogen (secondary N) is 1. The number of benzene rings is 2. The van der Waals surface area contributed by atoms with Crippen molar-refractivity contribution in [3.8, 4) is 5.75 Å². The highest BCUT2D eigenvalue weighted by molar-refractivity contribution is 14.1. The maximum Gasteiger partial charge on any atom is 0.258 e. The molecule has 0 spiro atoms. The Morgan fingerprint density at radius 3 is 2.71 bits per heavy atom. The molecular weight excluding hydrogens is 437 g/mol. The third-order valence-corrected chi connectivity index (χ3v) is 5.12. The number of hydrogen-bond acceptors (Lipinski definition) is 5. The maximum absolute atomic E-state index is 12.3. The van der Waals surface area contributed by atoms with Gasteiger partial charge in [-0.15, -0.1) is 10.2 Å². The second-order valence-corrected chi connectivity index (χ2v) is 7.15. The molecule has 3 rings (SSSR count). The summed E-state index contributed by atoms with van der Waals surface area (Å²) < 4.78 is 6.24. The Morgan fingerprint density at radius 1 is 1.17 bits per heavy atom. The van der Waals surface area contributed by atoms with E-state index in [2.05, 4.69) is 38.1 Å². The second-order valence-electron chi connectivity index (χ2n) is 4.92. The van der Waals surface area contributed by atoms with E-state index < -0.39 is 0 Å². The van der Waals surface area contributed by atoms with Gasteiger partial charge in [0.2, 0.25) is 5.13 Å². The van der Waals surface area contributed by atoms with Crippen LogP contribution in [0.5, 0.6) is 5.75 Å². The van der Waals surface area contributed by atoms with Gasteiger partial charge in [0.25, 0.3) is 5.91 Å². The number of carbonyl (C=O) groups is 1. The molecule has 122 valence electrons. The van der Waals surface area contributed by atoms with Crippen LogP contribution in [0.25, 0.3) is 0 Å². The molecule has 0 aliphatic heterocycles. The van der Waals surface area contributed by atoms with Crippen LogP contribution in [0, 0.1) is 3.57 Å². The number of rotatable bonds is 5. The van der Waals surface area contributed by atoms with Gasteiger partial charge in [0.15, 0.2) is 0 Å². The molecule has 2 aromatic carbocycles. The van der Waals surface area contributed by atoms with E-state index in [9.17, 15) is 4.79 Å². The first-order valence-corrected chi connectivity index (χ1v) is 9.07. The Morgan fingerprint density at radius 2 is 1.92 bits per heavy atom. The van der Waals surface area contributed by atoms with E-state index in [1.54, 1.807) is 13.2 Å². The standard InChI is InChI=1S/C17H14IN3O2S/c1-23-14-9-5-2-6-11(14)10-15-20-21-17(24-15)19-16(22)12-7-3-4-8-13(12)18/h2-9H,10H2,1H3,(H,19,21,22). The highest BCUT2D eigenvalue weighted by Crippen LogP contribution is 2.24. The summed E-state index contributed by atoms with van der Waals surface area (Å²) in [5.41, 5.74) is 1.66. The number of hydrogen-bond donors (Lipinski definition) is 1. The molecule has 0 saturated carbocycles. The number of halogens is 1. The lowest BCUT2D eigenvalue weighted by molar-refractivity contribution is 0.102. The number of amides is 1. The molecule has 0 radical (unpaired) electrons. The maximum atomic E-state index is 12.3. The van der Waals surface area contributed by atoms with Gasteiger partial charge in [-0.05, 0) is 40.8 Å². The fraction of sp³-hybridized carbons (Fsp3) is 0.118. The fourth-order valence-electron chi connectivity index (χ4n) is 2.20. The molecule has 0 fully saturated rings. The summed E-state index contributed by atoms with van der Waals surface area (Å²) in [6, 6.07) is 15.2. The predicted octanol–water partition coefficient (Wildman–Crippen LogP) is 3.99. The van der Waals surface area contributed by atoms with E-state index in [0.29, 0.717) is 17.1 Å². The first kappa shape index (κ1) is 16.8. The molecule has 0 unspecified atom stereocenters. The van der Waals surface area contributed by atoms with Gasteiger partial charge in [0.05, 0.1) is 12.7 Å². The Bertz CT molecular complexity index is 866. The Balaban J connectivity index is 1.72. The van der Waals surface area contributed by atoms with Crippen molar-refractivity contribution in [2.75, 3.05) is 12.4 Å². The number of aromatic nitrogens is 2. The van der Waals surface area contributed by atoms with E-state index in [0.717, 1.165) is 19.9 Å². The normalized spacial score (nSPS) is 10.4. The molecule has 7 heteroatoms. The number of methoxy groups -OCH3 is 1. The van der Waals surface area contributed by atoms with Crippen LogP contribution < -0.4 is 10.1 Å². The molecule has 1 amide bonds. The lowest BCUT2D eigenvalue weighted by atomic mass is 10.1. The minimum absolute atomic E-state index is 0.181. The molecule has 1 aromatic heterocycles. The van der Waals surface area contributed by atoms with Crippen molar-refractivity contribution >= 4 is 45.0 Å². The van der Waals surface area contributed by atoms with Gasteiger partial charge in [-0.25, -0.2) is 0 Å². The number of nitrogens with zero attached hydrogens (tertiary/aromatic N) is 2. The van der Waals surface area contributed by atoms with E-state index in [-0.39, 0.29) is 5.91 Å². The monoisotopic (exact) mass is 451 g/mol. The molecular formula is C17H14IN3O2S. The fourth-order valence-corrected chi connectivity index (χ4v) is 3.59. The average molecular weight is 451 g/mol. The third kappa shape index (κ3) is 3.90. The van der Waals surface area contributed by atoms with Crippen LogP contribution in [-0.4, -0.2) is 23.2 Å². The minimum atomic E-state index is -0.181. The number of ether oxygens (including phenoxy) is 1. The summed E-state index contributed by atoms with van der Waals surface area (Å²) in [6.07, 6.45) is 0.612. The van der Waals surface area contributed by atoms with Crippen LogP contribution >= 0.6 is 33.9 Å². The highest BCUT2D eigenvalue weighted by Gasteiger charge is 2.13. The predicted molar refractivity (Wildman–Crippen MR) is 103 cm³/mol. The summed E-state index contributed by atoms with van der Waals surface area (Å²) in [5, 5.41) is 12.3. The van der Waals surface area contributed by atoms with E-state index in [1.807, 2.05) is 42.5 Å². The van der Waals surface area contributed by atoms with Crippen LogP contribution in [-0.2, 0) is 6.42 Å². The summed E-state index contributed by atoms with van der Waals surface area (Å²) in [5.74, 6) is 0.636. The van der Waals surface area contributed by atoms with Crippen LogP contribution in [0.3, 0.4) is 0 Å². The van der Waals surface area contributed by atoms with Gasteiger partial charge in [0, 0.05) is 15.6 Å². The van der Waals surface area contributed by atoms with Gasteiger partial charge in [-0.1, -0.05) is 41.7 Å². The molecule has 24 heavy (non-hydrogen) atoms. The lowest BCUT2D eigenvalue weighted by Crippen LogP contribution is -2.13. The zero-order valence-electron chi connectivity index (χ0n) is 12.8. The van der Waals surface area contributed by atoms with E-state index in [4.69, 9.17) is 4.74 Å². The molecule has 0 bridgehead atoms. The zero-order chi connectivity index (χ0) is 16.9. The van der Waals surface area contributed by atoms with Crippen molar-refractivity contribution in [2.45, 2.75) is 6.42 Å². The van der Waals surface area contributed by atoms with E-state index >= 15 is 0 Å². The van der Waals surface area contributed by atoms with Crippen LogP contribution in [0.15, 0.2) is 48.5 Å². The molecule has 1 heterocycles. The molecule has 0 aliphatic carbocycles. The van der Waals surface area contributed by atoms with Gasteiger partial charge in [-0.2, -0.15) is 0 Å². The SMILES string of the molecule is COc1ccccc1Cc1nnc(NC(=O)c2ccccc2I)s1. The van der Waals surface area contributed by atoms with Gasteiger partial charge in [0.1, 0.15) is 10.8 Å². The first-order valence-electron chi connectivity index (χ1n) is 7.17. The Labute approximate surface area is 157 Å². The molecule has 1 N–H and O–H groups in total. The highest BCUT2D eigenvalue weighted by atomic mass is 127. The minimum Gasteiger partial charge on any atom is -0.496 e. The van der Waals surface area contributed by atoms with Crippen LogP contribution in [0.2, 0.25) is 0 Å². The van der Waals surface area contributed by atoms with Gasteiger partial charge in [-0.3, -0.25) is 10.1 Å². The topological polar surface area (TPSA) is 64.1 Å². The summed E-state index contributed by atoms with van der Waals surface area (Å²) >= 11 is 3.50. The van der Waals surface area contributed by atoms with Crippen molar-refractivity contribution in [1.82, 2.24) is 10.2 Å².